The number of ether oxygens (including phenoxy) is 1. The molecule has 1 N–H and O–H groups in total. The van der Waals surface area contributed by atoms with Crippen molar-refractivity contribution < 1.29 is 9.53 Å². The van der Waals surface area contributed by atoms with Gasteiger partial charge in [0.2, 0.25) is 0 Å². The average molecular weight is 253 g/mol. The topological polar surface area (TPSA) is 42.1 Å². The van der Waals surface area contributed by atoms with Crippen molar-refractivity contribution in [2.24, 2.45) is 0 Å². The Morgan fingerprint density at radius 3 is 2.53 bits per heavy atom. The lowest BCUT2D eigenvalue weighted by molar-refractivity contribution is -0.139. The van der Waals surface area contributed by atoms with Gasteiger partial charge in [0.05, 0.1) is 13.5 Å². The molecular weight excluding hydrogens is 238 g/mol. The molecule has 0 aliphatic heterocycles. The van der Waals surface area contributed by atoms with E-state index < -0.39 is 0 Å². The monoisotopic (exact) mass is 253 g/mol. The predicted molar refractivity (Wildman–Crippen MR) is 76.3 cm³/mol. The maximum absolute atomic E-state index is 11.3. The smallest absolute Gasteiger partial charge is 0.309 e. The van der Waals surface area contributed by atoms with Crippen LogP contribution in [-0.4, -0.2) is 18.1 Å². The lowest BCUT2D eigenvalue weighted by atomic mass is 10.1. The molecule has 0 saturated heterocycles. The number of aryl methyl sites for hydroxylation is 1. The zero-order valence-electron chi connectivity index (χ0n) is 11.0. The second-order valence-electron chi connectivity index (χ2n) is 4.81. The molecular formula is C16H15NO2. The summed E-state index contributed by atoms with van der Waals surface area (Å²) in [5.74, 6) is -0.213. The van der Waals surface area contributed by atoms with E-state index in [-0.39, 0.29) is 5.97 Å². The van der Waals surface area contributed by atoms with E-state index in [0.717, 1.165) is 22.0 Å². The number of nitrogens with one attached hydrogen (secondary N) is 1. The van der Waals surface area contributed by atoms with Gasteiger partial charge in [0.1, 0.15) is 0 Å². The van der Waals surface area contributed by atoms with Gasteiger partial charge in [-0.2, -0.15) is 0 Å². The van der Waals surface area contributed by atoms with Crippen LogP contribution in [0.15, 0.2) is 36.4 Å². The number of H-pyrrole nitrogens is 1. The average Bonchev–Trinajstić information content (AvgIpc) is 2.76. The SMILES string of the molecule is COC(=O)Cc1ccc2[nH]c3ccc(C)cc3c2c1. The van der Waals surface area contributed by atoms with Gasteiger partial charge in [0.15, 0.2) is 0 Å². The van der Waals surface area contributed by atoms with E-state index >= 15 is 0 Å². The minimum Gasteiger partial charge on any atom is -0.469 e. The summed E-state index contributed by atoms with van der Waals surface area (Å²) in [5.41, 5.74) is 4.42. The van der Waals surface area contributed by atoms with Crippen LogP contribution in [-0.2, 0) is 16.0 Å². The molecule has 0 fully saturated rings. The van der Waals surface area contributed by atoms with E-state index in [1.54, 1.807) is 0 Å². The van der Waals surface area contributed by atoms with Gasteiger partial charge in [0.25, 0.3) is 0 Å². The summed E-state index contributed by atoms with van der Waals surface area (Å²) in [6.45, 7) is 2.08. The zero-order valence-corrected chi connectivity index (χ0v) is 11.0. The maximum atomic E-state index is 11.3. The fourth-order valence-electron chi connectivity index (χ4n) is 2.41. The number of methoxy groups -OCH3 is 1. The van der Waals surface area contributed by atoms with E-state index in [9.17, 15) is 4.79 Å². The number of aromatic amines is 1. The molecule has 2 aromatic carbocycles. The third-order valence-corrected chi connectivity index (χ3v) is 3.39. The van der Waals surface area contributed by atoms with Crippen molar-refractivity contribution in [1.29, 1.82) is 0 Å². The van der Waals surface area contributed by atoms with Gasteiger partial charge < -0.3 is 9.72 Å². The molecule has 1 heterocycles. The van der Waals surface area contributed by atoms with Crippen LogP contribution in [0.3, 0.4) is 0 Å². The van der Waals surface area contributed by atoms with E-state index in [0.29, 0.717) is 6.42 Å². The fraction of sp³-hybridized carbons (Fsp3) is 0.188. The van der Waals surface area contributed by atoms with Crippen molar-refractivity contribution >= 4 is 27.8 Å². The first-order valence-electron chi connectivity index (χ1n) is 6.25. The molecule has 0 aliphatic rings. The van der Waals surface area contributed by atoms with Gasteiger partial charge in [-0.15, -0.1) is 0 Å². The zero-order chi connectivity index (χ0) is 13.4. The summed E-state index contributed by atoms with van der Waals surface area (Å²) in [4.78, 5) is 14.7. The second-order valence-corrected chi connectivity index (χ2v) is 4.81. The van der Waals surface area contributed by atoms with Gasteiger partial charge in [-0.3, -0.25) is 4.79 Å². The van der Waals surface area contributed by atoms with Crippen LogP contribution in [0.25, 0.3) is 21.8 Å². The molecule has 3 nitrogen and oxygen atoms in total. The van der Waals surface area contributed by atoms with Crippen molar-refractivity contribution in [3.8, 4) is 0 Å². The molecule has 0 saturated carbocycles. The Morgan fingerprint density at radius 2 is 1.79 bits per heavy atom. The molecule has 0 amide bonds. The van der Waals surface area contributed by atoms with E-state index in [2.05, 4.69) is 36.2 Å². The highest BCUT2D eigenvalue weighted by atomic mass is 16.5. The molecule has 3 heteroatoms. The Morgan fingerprint density at radius 1 is 1.11 bits per heavy atom. The largest absolute Gasteiger partial charge is 0.469 e. The van der Waals surface area contributed by atoms with E-state index in [1.165, 1.54) is 18.1 Å². The molecule has 96 valence electrons. The number of esters is 1. The molecule has 3 rings (SSSR count). The van der Waals surface area contributed by atoms with Crippen LogP contribution < -0.4 is 0 Å². The van der Waals surface area contributed by atoms with E-state index in [4.69, 9.17) is 4.74 Å². The number of benzene rings is 2. The van der Waals surface area contributed by atoms with Gasteiger partial charge in [0, 0.05) is 21.8 Å². The van der Waals surface area contributed by atoms with Gasteiger partial charge in [-0.05, 0) is 36.8 Å². The molecule has 0 aliphatic carbocycles. The number of rotatable bonds is 2. The summed E-state index contributed by atoms with van der Waals surface area (Å²) in [5, 5.41) is 2.35. The molecule has 0 atom stereocenters. The number of fused-ring (bicyclic) bond motifs is 3. The molecule has 0 bridgehead atoms. The first-order valence-corrected chi connectivity index (χ1v) is 6.25. The molecule has 3 aromatic rings. The van der Waals surface area contributed by atoms with Gasteiger partial charge >= 0.3 is 5.97 Å². The lowest BCUT2D eigenvalue weighted by Crippen LogP contribution is -2.03. The van der Waals surface area contributed by atoms with Crippen molar-refractivity contribution in [3.05, 3.63) is 47.5 Å². The first-order chi connectivity index (χ1) is 9.17. The Bertz CT molecular complexity index is 771. The number of hydrogen-bond acceptors (Lipinski definition) is 2. The first kappa shape index (κ1) is 11.8. The van der Waals surface area contributed by atoms with Crippen LogP contribution in [0, 0.1) is 6.92 Å². The Kier molecular flexibility index (Phi) is 2.75. The molecule has 0 radical (unpaired) electrons. The highest BCUT2D eigenvalue weighted by Crippen LogP contribution is 2.27. The Balaban J connectivity index is 2.17. The molecule has 0 unspecified atom stereocenters. The lowest BCUT2D eigenvalue weighted by Gasteiger charge is -2.00. The summed E-state index contributed by atoms with van der Waals surface area (Å²) in [6, 6.07) is 12.4. The summed E-state index contributed by atoms with van der Waals surface area (Å²) >= 11 is 0. The summed E-state index contributed by atoms with van der Waals surface area (Å²) < 4.78 is 4.71. The third kappa shape index (κ3) is 2.08. The summed E-state index contributed by atoms with van der Waals surface area (Å²) in [6.07, 6.45) is 0.310. The van der Waals surface area contributed by atoms with Crippen LogP contribution in [0.5, 0.6) is 0 Å². The molecule has 1 aromatic heterocycles. The predicted octanol–water partition coefficient (Wildman–Crippen LogP) is 3.35. The minimum atomic E-state index is -0.213. The Hall–Kier alpha value is -2.29. The number of carbonyl (C=O) groups excluding carboxylic acids is 1. The fourth-order valence-corrected chi connectivity index (χ4v) is 2.41. The van der Waals surface area contributed by atoms with Crippen molar-refractivity contribution in [2.45, 2.75) is 13.3 Å². The highest BCUT2D eigenvalue weighted by molar-refractivity contribution is 6.07. The highest BCUT2D eigenvalue weighted by Gasteiger charge is 2.08. The number of hydrogen-bond donors (Lipinski definition) is 1. The third-order valence-electron chi connectivity index (χ3n) is 3.39. The normalized spacial score (nSPS) is 11.1. The van der Waals surface area contributed by atoms with Crippen LogP contribution in [0.1, 0.15) is 11.1 Å². The standard InChI is InChI=1S/C16H15NO2/c1-10-3-5-14-12(7-10)13-8-11(9-16(18)19-2)4-6-15(13)17-14/h3-8,17H,9H2,1-2H3. The van der Waals surface area contributed by atoms with Crippen LogP contribution in [0.4, 0.5) is 0 Å². The number of aromatic nitrogens is 1. The summed E-state index contributed by atoms with van der Waals surface area (Å²) in [7, 11) is 1.41. The van der Waals surface area contributed by atoms with Crippen molar-refractivity contribution in [1.82, 2.24) is 4.98 Å². The second kappa shape index (κ2) is 4.43. The van der Waals surface area contributed by atoms with Gasteiger partial charge in [-0.25, -0.2) is 0 Å². The van der Waals surface area contributed by atoms with Crippen molar-refractivity contribution in [2.75, 3.05) is 7.11 Å². The Labute approximate surface area is 111 Å². The number of carbonyl (C=O) groups is 1. The maximum Gasteiger partial charge on any atom is 0.309 e. The van der Waals surface area contributed by atoms with Crippen LogP contribution >= 0.6 is 0 Å². The van der Waals surface area contributed by atoms with Crippen LogP contribution in [0.2, 0.25) is 0 Å². The quantitative estimate of drug-likeness (QED) is 0.712. The van der Waals surface area contributed by atoms with Crippen molar-refractivity contribution in [3.63, 3.8) is 0 Å². The molecule has 19 heavy (non-hydrogen) atoms. The van der Waals surface area contributed by atoms with E-state index in [1.807, 2.05) is 12.1 Å². The molecule has 0 spiro atoms. The minimum absolute atomic E-state index is 0.213. The van der Waals surface area contributed by atoms with Gasteiger partial charge in [-0.1, -0.05) is 17.7 Å².